The van der Waals surface area contributed by atoms with Crippen LogP contribution in [0.15, 0.2) is 70.4 Å². The number of aliphatic carboxylic acids is 1. The maximum Gasteiger partial charge on any atom is 0.339 e. The van der Waals surface area contributed by atoms with Crippen LogP contribution in [0.2, 0.25) is 0 Å². The molecule has 1 unspecified atom stereocenters. The number of aryl methyl sites for hydroxylation is 1. The van der Waals surface area contributed by atoms with Crippen LogP contribution in [0, 0.1) is 0 Å². The van der Waals surface area contributed by atoms with Crippen molar-refractivity contribution in [2.45, 2.75) is 38.5 Å². The van der Waals surface area contributed by atoms with E-state index in [4.69, 9.17) is 4.42 Å². The van der Waals surface area contributed by atoms with E-state index in [1.54, 1.807) is 18.2 Å². The van der Waals surface area contributed by atoms with Crippen molar-refractivity contribution in [3.8, 4) is 0 Å². The average molecular weight is 392 g/mol. The molecule has 5 heteroatoms. The molecule has 0 radical (unpaired) electrons. The number of carboxylic acid groups (broad SMARTS) is 1. The highest BCUT2D eigenvalue weighted by atomic mass is 16.4. The lowest BCUT2D eigenvalue weighted by atomic mass is 9.79. The number of allylic oxidation sites excluding steroid dienone is 3. The van der Waals surface area contributed by atoms with E-state index < -0.39 is 11.4 Å². The molecule has 5 nitrogen and oxygen atoms in total. The zero-order valence-corrected chi connectivity index (χ0v) is 16.5. The quantitative estimate of drug-likeness (QED) is 0.497. The van der Waals surface area contributed by atoms with E-state index in [9.17, 15) is 19.8 Å². The Morgan fingerprint density at radius 1 is 1.17 bits per heavy atom. The molecule has 0 saturated carbocycles. The van der Waals surface area contributed by atoms with Crippen molar-refractivity contribution < 1.29 is 24.2 Å². The number of carboxylic acids is 1. The van der Waals surface area contributed by atoms with Gasteiger partial charge >= 0.3 is 5.97 Å². The van der Waals surface area contributed by atoms with Crippen molar-refractivity contribution >= 4 is 17.8 Å². The lowest BCUT2D eigenvalue weighted by Gasteiger charge is -2.26. The van der Waals surface area contributed by atoms with Gasteiger partial charge in [-0.1, -0.05) is 43.7 Å². The van der Waals surface area contributed by atoms with E-state index in [0.29, 0.717) is 23.5 Å². The molecule has 0 amide bonds. The number of benzene rings is 1. The molecular weight excluding hydrogens is 368 g/mol. The molecule has 1 aliphatic carbocycles. The van der Waals surface area contributed by atoms with Crippen molar-refractivity contribution in [3.05, 3.63) is 88.6 Å². The molecule has 1 aromatic carbocycles. The smallest absolute Gasteiger partial charge is 0.339 e. The van der Waals surface area contributed by atoms with E-state index in [2.05, 4.69) is 6.92 Å². The van der Waals surface area contributed by atoms with Crippen molar-refractivity contribution in [2.75, 3.05) is 0 Å². The van der Waals surface area contributed by atoms with E-state index in [-0.39, 0.29) is 17.1 Å². The van der Waals surface area contributed by atoms with Crippen molar-refractivity contribution in [3.63, 3.8) is 0 Å². The van der Waals surface area contributed by atoms with Gasteiger partial charge in [0, 0.05) is 11.0 Å². The first-order valence-corrected chi connectivity index (χ1v) is 9.59. The van der Waals surface area contributed by atoms with E-state index in [1.165, 1.54) is 23.8 Å². The van der Waals surface area contributed by atoms with Gasteiger partial charge in [-0.15, -0.1) is 0 Å². The van der Waals surface area contributed by atoms with Gasteiger partial charge in [-0.3, -0.25) is 4.79 Å². The molecule has 2 aromatic rings. The highest BCUT2D eigenvalue weighted by Crippen LogP contribution is 2.37. The summed E-state index contributed by atoms with van der Waals surface area (Å²) in [6.45, 7) is 3.96. The zero-order chi connectivity index (χ0) is 21.0. The van der Waals surface area contributed by atoms with Gasteiger partial charge in [-0.05, 0) is 55.7 Å². The summed E-state index contributed by atoms with van der Waals surface area (Å²) in [5, 5.41) is 19.0. The second kappa shape index (κ2) is 8.35. The van der Waals surface area contributed by atoms with E-state index in [0.717, 1.165) is 12.8 Å². The minimum Gasteiger partial charge on any atom is -0.507 e. The number of carbonyl (C=O) groups is 2. The van der Waals surface area contributed by atoms with Gasteiger partial charge in [-0.2, -0.15) is 0 Å². The van der Waals surface area contributed by atoms with Gasteiger partial charge in [0.1, 0.15) is 17.3 Å². The van der Waals surface area contributed by atoms with Gasteiger partial charge in [0.05, 0.1) is 5.57 Å². The monoisotopic (exact) mass is 392 g/mol. The Bertz CT molecular complexity index is 1000. The Morgan fingerprint density at radius 2 is 1.90 bits per heavy atom. The molecule has 1 heterocycles. The summed E-state index contributed by atoms with van der Waals surface area (Å²) in [4.78, 5) is 23.7. The fraction of sp³-hybridized carbons (Fsp3) is 0.250. The Kier molecular flexibility index (Phi) is 5.87. The molecular formula is C24H24O5. The zero-order valence-electron chi connectivity index (χ0n) is 16.5. The van der Waals surface area contributed by atoms with Crippen molar-refractivity contribution in [2.24, 2.45) is 0 Å². The average Bonchev–Trinajstić information content (AvgIpc) is 3.19. The normalized spacial score (nSPS) is 19.1. The van der Waals surface area contributed by atoms with Crippen LogP contribution in [0.3, 0.4) is 0 Å². The minimum absolute atomic E-state index is 0.115. The van der Waals surface area contributed by atoms with Gasteiger partial charge in [0.25, 0.3) is 0 Å². The van der Waals surface area contributed by atoms with Crippen LogP contribution < -0.4 is 0 Å². The van der Waals surface area contributed by atoms with Crippen LogP contribution in [0.4, 0.5) is 0 Å². The number of aliphatic hydroxyl groups is 1. The first-order chi connectivity index (χ1) is 13.8. The van der Waals surface area contributed by atoms with Crippen LogP contribution in [0.5, 0.6) is 0 Å². The summed E-state index contributed by atoms with van der Waals surface area (Å²) in [6.07, 6.45) is 8.51. The molecule has 0 fully saturated rings. The summed E-state index contributed by atoms with van der Waals surface area (Å²) in [5.41, 5.74) is 0.986. The number of aliphatic hydroxyl groups excluding tert-OH is 1. The predicted molar refractivity (Wildman–Crippen MR) is 111 cm³/mol. The fourth-order valence-corrected chi connectivity index (χ4v) is 3.34. The molecule has 0 bridgehead atoms. The molecule has 0 aliphatic heterocycles. The summed E-state index contributed by atoms with van der Waals surface area (Å²) < 4.78 is 5.84. The molecule has 1 aliphatic rings. The molecule has 3 rings (SSSR count). The van der Waals surface area contributed by atoms with Crippen molar-refractivity contribution in [1.29, 1.82) is 0 Å². The third-order valence-electron chi connectivity index (χ3n) is 5.05. The summed E-state index contributed by atoms with van der Waals surface area (Å²) in [5.74, 6) is -0.475. The van der Waals surface area contributed by atoms with Gasteiger partial charge in [-0.25, -0.2) is 4.79 Å². The van der Waals surface area contributed by atoms with Gasteiger partial charge in [0.15, 0.2) is 5.78 Å². The third-order valence-corrected chi connectivity index (χ3v) is 5.05. The first-order valence-electron chi connectivity index (χ1n) is 9.59. The minimum atomic E-state index is -1.19. The molecule has 29 heavy (non-hydrogen) atoms. The Hall–Kier alpha value is -3.34. The maximum absolute atomic E-state index is 12.4. The van der Waals surface area contributed by atoms with Crippen LogP contribution in [0.25, 0.3) is 6.08 Å². The molecule has 2 N–H and O–H groups in total. The number of hydrogen-bond acceptors (Lipinski definition) is 4. The fourth-order valence-electron chi connectivity index (χ4n) is 3.34. The third kappa shape index (κ3) is 4.57. The maximum atomic E-state index is 12.4. The van der Waals surface area contributed by atoms with Crippen molar-refractivity contribution in [1.82, 2.24) is 0 Å². The highest BCUT2D eigenvalue weighted by molar-refractivity contribution is 6.06. The van der Waals surface area contributed by atoms with Crippen LogP contribution in [-0.4, -0.2) is 22.0 Å². The standard InChI is InChI=1S/C24H24O5/c1-3-4-16-5-7-17(8-6-16)20(25)11-9-18-10-12-22(29-18)24(2)14-13-21(26)19(15-24)23(27)28/h5-13,15,26H,3-4,14H2,1-2H3,(H,27,28)/b11-9+. The summed E-state index contributed by atoms with van der Waals surface area (Å²) in [6, 6.07) is 11.1. The number of carbonyl (C=O) groups excluding carboxylic acids is 1. The number of hydrogen-bond donors (Lipinski definition) is 2. The van der Waals surface area contributed by atoms with E-state index >= 15 is 0 Å². The molecule has 1 aromatic heterocycles. The summed E-state index contributed by atoms with van der Waals surface area (Å²) >= 11 is 0. The molecule has 150 valence electrons. The van der Waals surface area contributed by atoms with E-state index in [1.807, 2.05) is 31.2 Å². The molecule has 1 atom stereocenters. The van der Waals surface area contributed by atoms with Crippen LogP contribution in [0.1, 0.15) is 54.1 Å². The largest absolute Gasteiger partial charge is 0.507 e. The lowest BCUT2D eigenvalue weighted by molar-refractivity contribution is -0.132. The SMILES string of the molecule is CCCc1ccc(C(=O)/C=C/c2ccc(C3(C)C=C(C(=O)O)C(O)=CC3)o2)cc1. The predicted octanol–water partition coefficient (Wildman–Crippen LogP) is 5.24. The topological polar surface area (TPSA) is 87.7 Å². The number of furan rings is 1. The Labute approximate surface area is 169 Å². The van der Waals surface area contributed by atoms with Gasteiger partial charge < -0.3 is 14.6 Å². The summed E-state index contributed by atoms with van der Waals surface area (Å²) in [7, 11) is 0. The van der Waals surface area contributed by atoms with Crippen LogP contribution in [-0.2, 0) is 16.6 Å². The molecule has 0 spiro atoms. The second-order valence-electron chi connectivity index (χ2n) is 7.42. The first kappa shape index (κ1) is 20.4. The Balaban J connectivity index is 1.74. The molecule has 0 saturated heterocycles. The second-order valence-corrected chi connectivity index (χ2v) is 7.42. The Morgan fingerprint density at radius 3 is 2.55 bits per heavy atom. The number of ketones is 1. The number of rotatable bonds is 7. The lowest BCUT2D eigenvalue weighted by Crippen LogP contribution is -2.23. The highest BCUT2D eigenvalue weighted by Gasteiger charge is 2.33. The van der Waals surface area contributed by atoms with Gasteiger partial charge in [0.2, 0.25) is 0 Å². The van der Waals surface area contributed by atoms with Crippen LogP contribution >= 0.6 is 0 Å².